The second-order valence-electron chi connectivity index (χ2n) is 7.89. The quantitative estimate of drug-likeness (QED) is 0.902. The number of nitrogens with zero attached hydrogens (tertiary/aromatic N) is 1. The predicted molar refractivity (Wildman–Crippen MR) is 93.8 cm³/mol. The zero-order valence-electron chi connectivity index (χ0n) is 15.0. The van der Waals surface area contributed by atoms with E-state index in [9.17, 15) is 14.0 Å². The van der Waals surface area contributed by atoms with Crippen molar-refractivity contribution < 1.29 is 18.7 Å². The van der Waals surface area contributed by atoms with Crippen molar-refractivity contribution in [1.82, 2.24) is 10.2 Å². The van der Waals surface area contributed by atoms with Gasteiger partial charge in [-0.25, -0.2) is 4.39 Å². The molecule has 1 aromatic rings. The molecule has 1 saturated heterocycles. The standard InChI is InChI=1S/C20H25FN2O3/c1-13-8-10-20(11-9-13)23(19(25)15-4-2-3-5-16(15)21)17(12-26-20)18(24)22-14-6-7-14/h2-5,13-14,17H,6-12H2,1H3,(H,22,24)/t13?,17-,20?/m1/s1. The zero-order chi connectivity index (χ0) is 18.3. The van der Waals surface area contributed by atoms with Crippen LogP contribution in [0.15, 0.2) is 24.3 Å². The van der Waals surface area contributed by atoms with E-state index >= 15 is 0 Å². The summed E-state index contributed by atoms with van der Waals surface area (Å²) in [6.45, 7) is 2.36. The molecule has 2 aliphatic carbocycles. The number of carbonyl (C=O) groups is 2. The second kappa shape index (κ2) is 6.65. The molecule has 1 N–H and O–H groups in total. The van der Waals surface area contributed by atoms with E-state index in [1.54, 1.807) is 12.1 Å². The lowest BCUT2D eigenvalue weighted by atomic mass is 9.83. The molecule has 1 heterocycles. The lowest BCUT2D eigenvalue weighted by Crippen LogP contribution is -2.57. The van der Waals surface area contributed by atoms with Crippen molar-refractivity contribution in [2.24, 2.45) is 5.92 Å². The summed E-state index contributed by atoms with van der Waals surface area (Å²) in [5, 5.41) is 2.97. The fourth-order valence-corrected chi connectivity index (χ4v) is 4.07. The molecule has 2 amide bonds. The summed E-state index contributed by atoms with van der Waals surface area (Å²) in [5.74, 6) is -0.641. The molecule has 1 aliphatic heterocycles. The number of benzene rings is 1. The molecular weight excluding hydrogens is 335 g/mol. The van der Waals surface area contributed by atoms with Gasteiger partial charge >= 0.3 is 0 Å². The number of ether oxygens (including phenoxy) is 1. The SMILES string of the molecule is CC1CCC2(CC1)OC[C@H](C(=O)NC1CC1)N2C(=O)c1ccccc1F. The van der Waals surface area contributed by atoms with Gasteiger partial charge in [0.2, 0.25) is 5.91 Å². The summed E-state index contributed by atoms with van der Waals surface area (Å²) in [5.41, 5.74) is -0.794. The molecule has 0 unspecified atom stereocenters. The molecule has 1 atom stereocenters. The fourth-order valence-electron chi connectivity index (χ4n) is 4.07. The first kappa shape index (κ1) is 17.5. The minimum absolute atomic E-state index is 0.000203. The van der Waals surface area contributed by atoms with Crippen LogP contribution in [0.1, 0.15) is 55.8 Å². The maximum absolute atomic E-state index is 14.3. The van der Waals surface area contributed by atoms with E-state index in [0.717, 1.165) is 25.7 Å². The Kier molecular flexibility index (Phi) is 4.47. The van der Waals surface area contributed by atoms with Crippen LogP contribution < -0.4 is 5.32 Å². The van der Waals surface area contributed by atoms with Crippen molar-refractivity contribution in [2.45, 2.75) is 63.3 Å². The van der Waals surface area contributed by atoms with Crippen LogP contribution in [0.25, 0.3) is 0 Å². The maximum atomic E-state index is 14.3. The molecule has 0 aromatic heterocycles. The first-order valence-electron chi connectivity index (χ1n) is 9.53. The third-order valence-electron chi connectivity index (χ3n) is 5.87. The van der Waals surface area contributed by atoms with Gasteiger partial charge in [-0.2, -0.15) is 0 Å². The molecule has 2 saturated carbocycles. The molecule has 4 rings (SSSR count). The van der Waals surface area contributed by atoms with E-state index in [1.807, 2.05) is 0 Å². The van der Waals surface area contributed by atoms with Crippen molar-refractivity contribution in [1.29, 1.82) is 0 Å². The summed E-state index contributed by atoms with van der Waals surface area (Å²) in [6, 6.07) is 5.46. The highest BCUT2D eigenvalue weighted by atomic mass is 19.1. The van der Waals surface area contributed by atoms with Crippen LogP contribution in [0.3, 0.4) is 0 Å². The van der Waals surface area contributed by atoms with Gasteiger partial charge in [0.1, 0.15) is 17.6 Å². The molecule has 140 valence electrons. The highest BCUT2D eigenvalue weighted by molar-refractivity contribution is 5.98. The maximum Gasteiger partial charge on any atom is 0.259 e. The largest absolute Gasteiger partial charge is 0.353 e. The minimum atomic E-state index is -0.794. The van der Waals surface area contributed by atoms with Crippen molar-refractivity contribution in [2.75, 3.05) is 6.61 Å². The molecule has 26 heavy (non-hydrogen) atoms. The van der Waals surface area contributed by atoms with Gasteiger partial charge in [0.25, 0.3) is 5.91 Å². The van der Waals surface area contributed by atoms with Gasteiger partial charge < -0.3 is 10.1 Å². The normalized spacial score (nSPS) is 31.2. The fraction of sp³-hybridized carbons (Fsp3) is 0.600. The molecule has 0 bridgehead atoms. The summed E-state index contributed by atoms with van der Waals surface area (Å²) in [6.07, 6.45) is 5.17. The molecular formula is C20H25FN2O3. The Balaban J connectivity index is 1.66. The van der Waals surface area contributed by atoms with Crippen LogP contribution in [0.4, 0.5) is 4.39 Å². The van der Waals surface area contributed by atoms with Crippen LogP contribution in [-0.4, -0.2) is 41.1 Å². The van der Waals surface area contributed by atoms with Gasteiger partial charge in [-0.1, -0.05) is 19.1 Å². The number of halogens is 1. The minimum Gasteiger partial charge on any atom is -0.353 e. The van der Waals surface area contributed by atoms with Crippen LogP contribution in [-0.2, 0) is 9.53 Å². The summed E-state index contributed by atoms with van der Waals surface area (Å²) in [7, 11) is 0. The molecule has 3 aliphatic rings. The Morgan fingerprint density at radius 2 is 1.88 bits per heavy atom. The van der Waals surface area contributed by atoms with E-state index in [1.165, 1.54) is 17.0 Å². The Hall–Kier alpha value is -1.95. The molecule has 1 aromatic carbocycles. The number of amides is 2. The number of hydrogen-bond donors (Lipinski definition) is 1. The summed E-state index contributed by atoms with van der Waals surface area (Å²) >= 11 is 0. The molecule has 0 radical (unpaired) electrons. The summed E-state index contributed by atoms with van der Waals surface area (Å²) < 4.78 is 20.4. The number of nitrogens with one attached hydrogen (secondary N) is 1. The van der Waals surface area contributed by atoms with Gasteiger partial charge in [0.05, 0.1) is 12.2 Å². The topological polar surface area (TPSA) is 58.6 Å². The average molecular weight is 360 g/mol. The Bertz CT molecular complexity index is 711. The lowest BCUT2D eigenvalue weighted by molar-refractivity contribution is -0.128. The second-order valence-corrected chi connectivity index (χ2v) is 7.89. The van der Waals surface area contributed by atoms with Crippen molar-refractivity contribution >= 4 is 11.8 Å². The molecule has 1 spiro atoms. The van der Waals surface area contributed by atoms with E-state index in [0.29, 0.717) is 18.8 Å². The van der Waals surface area contributed by atoms with Crippen LogP contribution >= 0.6 is 0 Å². The average Bonchev–Trinajstić information content (AvgIpc) is 3.37. The number of rotatable bonds is 3. The Morgan fingerprint density at radius 1 is 1.19 bits per heavy atom. The van der Waals surface area contributed by atoms with Gasteiger partial charge in [0.15, 0.2) is 0 Å². The van der Waals surface area contributed by atoms with Crippen LogP contribution in [0.5, 0.6) is 0 Å². The lowest BCUT2D eigenvalue weighted by Gasteiger charge is -2.43. The highest BCUT2D eigenvalue weighted by Gasteiger charge is 2.54. The van der Waals surface area contributed by atoms with E-state index in [-0.39, 0.29) is 24.1 Å². The van der Waals surface area contributed by atoms with Crippen molar-refractivity contribution in [3.8, 4) is 0 Å². The molecule has 5 nitrogen and oxygen atoms in total. The summed E-state index contributed by atoms with van der Waals surface area (Å²) in [4.78, 5) is 27.5. The van der Waals surface area contributed by atoms with E-state index < -0.39 is 23.5 Å². The number of carbonyl (C=O) groups excluding carboxylic acids is 2. The smallest absolute Gasteiger partial charge is 0.259 e. The monoisotopic (exact) mass is 360 g/mol. The Labute approximate surface area is 152 Å². The van der Waals surface area contributed by atoms with Gasteiger partial charge in [-0.15, -0.1) is 0 Å². The first-order chi connectivity index (χ1) is 12.5. The third-order valence-corrected chi connectivity index (χ3v) is 5.87. The highest BCUT2D eigenvalue weighted by Crippen LogP contribution is 2.43. The zero-order valence-corrected chi connectivity index (χ0v) is 15.0. The van der Waals surface area contributed by atoms with E-state index in [2.05, 4.69) is 12.2 Å². The van der Waals surface area contributed by atoms with Gasteiger partial charge in [-0.05, 0) is 56.6 Å². The Morgan fingerprint density at radius 3 is 2.54 bits per heavy atom. The van der Waals surface area contributed by atoms with Crippen molar-refractivity contribution in [3.05, 3.63) is 35.6 Å². The molecule has 6 heteroatoms. The van der Waals surface area contributed by atoms with E-state index in [4.69, 9.17) is 4.74 Å². The van der Waals surface area contributed by atoms with Crippen LogP contribution in [0, 0.1) is 11.7 Å². The predicted octanol–water partition coefficient (Wildman–Crippen LogP) is 2.85. The van der Waals surface area contributed by atoms with Crippen molar-refractivity contribution in [3.63, 3.8) is 0 Å². The van der Waals surface area contributed by atoms with Gasteiger partial charge in [-0.3, -0.25) is 14.5 Å². The number of hydrogen-bond acceptors (Lipinski definition) is 3. The van der Waals surface area contributed by atoms with Crippen LogP contribution in [0.2, 0.25) is 0 Å². The third kappa shape index (κ3) is 3.11. The van der Waals surface area contributed by atoms with Gasteiger partial charge in [0, 0.05) is 6.04 Å². The first-order valence-corrected chi connectivity index (χ1v) is 9.53. The molecule has 3 fully saturated rings.